The fourth-order valence-electron chi connectivity index (χ4n) is 1.64. The van der Waals surface area contributed by atoms with E-state index < -0.39 is 0 Å². The number of thioether (sulfide) groups is 1. The largest absolute Gasteiger partial charge is 0.414 e. The Bertz CT molecular complexity index is 411. The second kappa shape index (κ2) is 8.93. The quantitative estimate of drug-likeness (QED) is 0.537. The van der Waals surface area contributed by atoms with Crippen LogP contribution in [0.5, 0.6) is 0 Å². The van der Waals surface area contributed by atoms with Crippen LogP contribution in [0.3, 0.4) is 0 Å². The van der Waals surface area contributed by atoms with Gasteiger partial charge in [0.15, 0.2) is 0 Å². The van der Waals surface area contributed by atoms with Gasteiger partial charge in [-0.1, -0.05) is 18.7 Å². The minimum absolute atomic E-state index is 0.0774. The molecule has 1 heterocycles. The fourth-order valence-corrected chi connectivity index (χ4v) is 2.24. The number of amides is 1. The molecule has 0 aliphatic heterocycles. The smallest absolute Gasteiger partial charge is 0.277 e. The third kappa shape index (κ3) is 5.48. The molecule has 20 heavy (non-hydrogen) atoms. The summed E-state index contributed by atoms with van der Waals surface area (Å²) in [5, 5.41) is 11.1. The van der Waals surface area contributed by atoms with Crippen LogP contribution in [0.1, 0.15) is 25.3 Å². The van der Waals surface area contributed by atoms with Gasteiger partial charge in [0.05, 0.1) is 18.4 Å². The van der Waals surface area contributed by atoms with Crippen molar-refractivity contribution in [3.63, 3.8) is 0 Å². The minimum Gasteiger partial charge on any atom is -0.414 e. The number of ether oxygens (including phenoxy) is 1. The van der Waals surface area contributed by atoms with Crippen molar-refractivity contribution in [3.8, 4) is 0 Å². The molecule has 0 radical (unpaired) electrons. The predicted molar refractivity (Wildman–Crippen MR) is 76.6 cm³/mol. The van der Waals surface area contributed by atoms with Crippen molar-refractivity contribution in [2.24, 2.45) is 0 Å². The summed E-state index contributed by atoms with van der Waals surface area (Å²) < 4.78 is 10.4. The molecule has 1 aromatic heterocycles. The Morgan fingerprint density at radius 2 is 2.25 bits per heavy atom. The van der Waals surface area contributed by atoms with Crippen LogP contribution in [-0.2, 0) is 9.53 Å². The van der Waals surface area contributed by atoms with Crippen molar-refractivity contribution in [1.82, 2.24) is 20.4 Å². The second-order valence-corrected chi connectivity index (χ2v) is 5.35. The maximum atomic E-state index is 11.5. The first-order valence-electron chi connectivity index (χ1n) is 6.46. The van der Waals surface area contributed by atoms with Crippen molar-refractivity contribution in [2.75, 3.05) is 40.1 Å². The molecule has 1 N–H and O–H groups in total. The first kappa shape index (κ1) is 16.9. The molecule has 0 bridgehead atoms. The van der Waals surface area contributed by atoms with Gasteiger partial charge in [0.1, 0.15) is 0 Å². The average molecular weight is 302 g/mol. The molecule has 0 aliphatic rings. The highest BCUT2D eigenvalue weighted by Gasteiger charge is 2.19. The van der Waals surface area contributed by atoms with Crippen LogP contribution in [-0.4, -0.2) is 61.1 Å². The highest BCUT2D eigenvalue weighted by molar-refractivity contribution is 7.99. The van der Waals surface area contributed by atoms with Crippen LogP contribution < -0.4 is 5.32 Å². The van der Waals surface area contributed by atoms with Crippen LogP contribution in [0.4, 0.5) is 0 Å². The average Bonchev–Trinajstić information content (AvgIpc) is 2.86. The normalized spacial score (nSPS) is 12.7. The molecular formula is C12H22N4O3S. The minimum atomic E-state index is -0.0774. The first-order valence-corrected chi connectivity index (χ1v) is 7.45. The van der Waals surface area contributed by atoms with Crippen molar-refractivity contribution >= 4 is 17.7 Å². The van der Waals surface area contributed by atoms with Gasteiger partial charge in [-0.2, -0.15) is 0 Å². The number of methoxy groups -OCH3 is 1. The van der Waals surface area contributed by atoms with Gasteiger partial charge in [-0.05, 0) is 20.5 Å². The molecule has 8 heteroatoms. The van der Waals surface area contributed by atoms with Crippen molar-refractivity contribution in [3.05, 3.63) is 5.89 Å². The summed E-state index contributed by atoms with van der Waals surface area (Å²) in [5.41, 5.74) is 0. The molecule has 1 amide bonds. The second-order valence-electron chi connectivity index (χ2n) is 4.43. The SMILES string of the molecule is CC[C@H](c1nnc(SCC(=O)NCCOC)o1)N(C)C. The zero-order chi connectivity index (χ0) is 15.0. The van der Waals surface area contributed by atoms with Crippen LogP contribution in [0, 0.1) is 0 Å². The van der Waals surface area contributed by atoms with Crippen LogP contribution >= 0.6 is 11.8 Å². The maximum absolute atomic E-state index is 11.5. The van der Waals surface area contributed by atoms with E-state index in [1.165, 1.54) is 11.8 Å². The number of carbonyl (C=O) groups is 1. The summed E-state index contributed by atoms with van der Waals surface area (Å²) in [6.45, 7) is 3.07. The van der Waals surface area contributed by atoms with E-state index in [4.69, 9.17) is 9.15 Å². The summed E-state index contributed by atoms with van der Waals surface area (Å²) in [4.78, 5) is 13.5. The highest BCUT2D eigenvalue weighted by Crippen LogP contribution is 2.23. The van der Waals surface area contributed by atoms with Gasteiger partial charge in [-0.25, -0.2) is 0 Å². The monoisotopic (exact) mass is 302 g/mol. The molecule has 0 spiro atoms. The zero-order valence-electron chi connectivity index (χ0n) is 12.4. The van der Waals surface area contributed by atoms with Gasteiger partial charge in [-0.15, -0.1) is 10.2 Å². The lowest BCUT2D eigenvalue weighted by atomic mass is 10.2. The number of nitrogens with zero attached hydrogens (tertiary/aromatic N) is 3. The van der Waals surface area contributed by atoms with E-state index in [1.54, 1.807) is 7.11 Å². The number of aromatic nitrogens is 2. The number of hydrogen-bond donors (Lipinski definition) is 1. The predicted octanol–water partition coefficient (Wildman–Crippen LogP) is 0.937. The van der Waals surface area contributed by atoms with E-state index in [-0.39, 0.29) is 17.7 Å². The molecule has 0 unspecified atom stereocenters. The van der Waals surface area contributed by atoms with Crippen molar-refractivity contribution in [2.45, 2.75) is 24.6 Å². The molecule has 0 aromatic carbocycles. The van der Waals surface area contributed by atoms with E-state index in [1.807, 2.05) is 19.0 Å². The van der Waals surface area contributed by atoms with Gasteiger partial charge < -0.3 is 14.5 Å². The van der Waals surface area contributed by atoms with E-state index in [0.717, 1.165) is 6.42 Å². The standard InChI is InChI=1S/C12H22N4O3S/c1-5-9(16(2)3)11-14-15-12(19-11)20-8-10(17)13-6-7-18-4/h9H,5-8H2,1-4H3,(H,13,17)/t9-/m1/s1. The molecule has 0 saturated carbocycles. The lowest BCUT2D eigenvalue weighted by molar-refractivity contribution is -0.118. The number of rotatable bonds is 9. The van der Waals surface area contributed by atoms with Gasteiger partial charge in [0, 0.05) is 13.7 Å². The molecular weight excluding hydrogens is 280 g/mol. The Labute approximate surface area is 123 Å². The van der Waals surface area contributed by atoms with Crippen LogP contribution in [0.2, 0.25) is 0 Å². The van der Waals surface area contributed by atoms with Crippen molar-refractivity contribution < 1.29 is 13.9 Å². The zero-order valence-corrected chi connectivity index (χ0v) is 13.2. The summed E-state index contributed by atoms with van der Waals surface area (Å²) >= 11 is 1.24. The van der Waals surface area contributed by atoms with Crippen molar-refractivity contribution in [1.29, 1.82) is 0 Å². The molecule has 0 fully saturated rings. The van der Waals surface area contributed by atoms with Gasteiger partial charge >= 0.3 is 0 Å². The Morgan fingerprint density at radius 1 is 1.50 bits per heavy atom. The van der Waals surface area contributed by atoms with Gasteiger partial charge in [-0.3, -0.25) is 9.69 Å². The van der Waals surface area contributed by atoms with Gasteiger partial charge in [0.2, 0.25) is 11.8 Å². The van der Waals surface area contributed by atoms with E-state index in [0.29, 0.717) is 24.3 Å². The lowest BCUT2D eigenvalue weighted by Gasteiger charge is -2.18. The lowest BCUT2D eigenvalue weighted by Crippen LogP contribution is -2.28. The Kier molecular flexibility index (Phi) is 7.56. The third-order valence-corrected chi connectivity index (χ3v) is 3.49. The molecule has 7 nitrogen and oxygen atoms in total. The summed E-state index contributed by atoms with van der Waals surface area (Å²) in [5.74, 6) is 0.760. The fraction of sp³-hybridized carbons (Fsp3) is 0.750. The molecule has 1 atom stereocenters. The topological polar surface area (TPSA) is 80.5 Å². The summed E-state index contributed by atoms with van der Waals surface area (Å²) in [6.07, 6.45) is 0.886. The first-order chi connectivity index (χ1) is 9.58. The molecule has 0 aliphatic carbocycles. The molecule has 0 saturated heterocycles. The van der Waals surface area contributed by atoms with E-state index in [9.17, 15) is 4.79 Å². The molecule has 1 rings (SSSR count). The Balaban J connectivity index is 2.42. The highest BCUT2D eigenvalue weighted by atomic mass is 32.2. The van der Waals surface area contributed by atoms with E-state index >= 15 is 0 Å². The molecule has 114 valence electrons. The van der Waals surface area contributed by atoms with Crippen LogP contribution in [0.25, 0.3) is 0 Å². The Hall–Kier alpha value is -1.12. The Morgan fingerprint density at radius 3 is 2.85 bits per heavy atom. The number of carbonyl (C=O) groups excluding carboxylic acids is 1. The van der Waals surface area contributed by atoms with E-state index in [2.05, 4.69) is 22.4 Å². The van der Waals surface area contributed by atoms with Crippen LogP contribution in [0.15, 0.2) is 9.64 Å². The molecule has 1 aromatic rings. The summed E-state index contributed by atoms with van der Waals surface area (Å²) in [6, 6.07) is 0.104. The maximum Gasteiger partial charge on any atom is 0.277 e. The number of hydrogen-bond acceptors (Lipinski definition) is 7. The number of nitrogens with one attached hydrogen (secondary N) is 1. The van der Waals surface area contributed by atoms with Gasteiger partial charge in [0.25, 0.3) is 5.22 Å². The summed E-state index contributed by atoms with van der Waals surface area (Å²) in [7, 11) is 5.53. The third-order valence-electron chi connectivity index (χ3n) is 2.67.